The number of rotatable bonds is 6. The van der Waals surface area contributed by atoms with Gasteiger partial charge in [0.05, 0.1) is 6.33 Å². The maximum absolute atomic E-state index is 12.4. The number of aromatic nitrogens is 2. The molecule has 6 nitrogen and oxygen atoms in total. The summed E-state index contributed by atoms with van der Waals surface area (Å²) in [6, 6.07) is 8.18. The van der Waals surface area contributed by atoms with Gasteiger partial charge in [-0.1, -0.05) is 19.1 Å². The summed E-state index contributed by atoms with van der Waals surface area (Å²) in [6.45, 7) is 6.52. The number of imidazole rings is 1. The van der Waals surface area contributed by atoms with Crippen LogP contribution in [0.15, 0.2) is 43.0 Å². The van der Waals surface area contributed by atoms with E-state index in [-0.39, 0.29) is 6.03 Å². The van der Waals surface area contributed by atoms with Crippen molar-refractivity contribution in [3.8, 4) is 5.69 Å². The molecule has 2 aromatic rings. The zero-order valence-corrected chi connectivity index (χ0v) is 15.1. The molecule has 1 aromatic carbocycles. The van der Waals surface area contributed by atoms with Crippen LogP contribution in [0.1, 0.15) is 18.9 Å². The number of likely N-dealkylation sites (tertiary alicyclic amines) is 1. The number of hydrogen-bond donors (Lipinski definition) is 1. The Hall–Kier alpha value is -2.34. The Morgan fingerprint density at radius 1 is 1.44 bits per heavy atom. The molecule has 2 heterocycles. The molecule has 0 aliphatic carbocycles. The first-order valence-corrected chi connectivity index (χ1v) is 8.94. The van der Waals surface area contributed by atoms with Gasteiger partial charge in [-0.15, -0.1) is 0 Å². The summed E-state index contributed by atoms with van der Waals surface area (Å²) in [6.07, 6.45) is 6.53. The Morgan fingerprint density at radius 3 is 3.08 bits per heavy atom. The van der Waals surface area contributed by atoms with Crippen molar-refractivity contribution in [3.05, 3.63) is 48.5 Å². The second kappa shape index (κ2) is 8.16. The first-order chi connectivity index (χ1) is 12.2. The quantitative estimate of drug-likeness (QED) is 0.877. The fraction of sp³-hybridized carbons (Fsp3) is 0.474. The van der Waals surface area contributed by atoms with Gasteiger partial charge in [0, 0.05) is 44.3 Å². The maximum atomic E-state index is 12.4. The number of nitrogens with one attached hydrogen (secondary N) is 1. The molecule has 1 atom stereocenters. The van der Waals surface area contributed by atoms with Crippen LogP contribution < -0.4 is 5.32 Å². The van der Waals surface area contributed by atoms with Gasteiger partial charge in [0.1, 0.15) is 0 Å². The molecule has 0 saturated carbocycles. The lowest BCUT2D eigenvalue weighted by Crippen LogP contribution is -2.38. The molecule has 0 spiro atoms. The molecular formula is C19H27N5O. The van der Waals surface area contributed by atoms with Crippen LogP contribution in [0.3, 0.4) is 0 Å². The van der Waals surface area contributed by atoms with Crippen molar-refractivity contribution < 1.29 is 4.79 Å². The van der Waals surface area contributed by atoms with Crippen molar-refractivity contribution in [3.63, 3.8) is 0 Å². The summed E-state index contributed by atoms with van der Waals surface area (Å²) in [4.78, 5) is 20.7. The van der Waals surface area contributed by atoms with Crippen LogP contribution in [0.25, 0.3) is 5.69 Å². The van der Waals surface area contributed by atoms with Crippen LogP contribution in [-0.4, -0.2) is 58.6 Å². The second-order valence-electron chi connectivity index (χ2n) is 6.75. The summed E-state index contributed by atoms with van der Waals surface area (Å²) in [5.74, 6) is 0.584. The van der Waals surface area contributed by atoms with Gasteiger partial charge in [0.25, 0.3) is 0 Å². The van der Waals surface area contributed by atoms with E-state index in [1.807, 2.05) is 33.9 Å². The van der Waals surface area contributed by atoms with Gasteiger partial charge < -0.3 is 19.7 Å². The number of hydrogen-bond acceptors (Lipinski definition) is 3. The third kappa shape index (κ3) is 4.60. The fourth-order valence-electron chi connectivity index (χ4n) is 3.26. The van der Waals surface area contributed by atoms with E-state index in [4.69, 9.17) is 0 Å². The van der Waals surface area contributed by atoms with Gasteiger partial charge in [0.2, 0.25) is 0 Å². The highest BCUT2D eigenvalue weighted by Crippen LogP contribution is 2.17. The molecule has 25 heavy (non-hydrogen) atoms. The van der Waals surface area contributed by atoms with E-state index in [0.29, 0.717) is 12.5 Å². The molecule has 1 aliphatic rings. The lowest BCUT2D eigenvalue weighted by molar-refractivity contribution is 0.204. The lowest BCUT2D eigenvalue weighted by atomic mass is 10.1. The molecule has 3 rings (SSSR count). The van der Waals surface area contributed by atoms with E-state index in [9.17, 15) is 4.79 Å². The van der Waals surface area contributed by atoms with Crippen molar-refractivity contribution in [2.75, 3.05) is 33.2 Å². The second-order valence-corrected chi connectivity index (χ2v) is 6.75. The molecule has 0 unspecified atom stereocenters. The maximum Gasteiger partial charge on any atom is 0.317 e. The van der Waals surface area contributed by atoms with Crippen molar-refractivity contribution >= 4 is 6.03 Å². The number of nitrogens with zero attached hydrogens (tertiary/aromatic N) is 4. The van der Waals surface area contributed by atoms with Gasteiger partial charge in [-0.05, 0) is 43.6 Å². The highest BCUT2D eigenvalue weighted by atomic mass is 16.2. The summed E-state index contributed by atoms with van der Waals surface area (Å²) in [7, 11) is 2.13. The van der Waals surface area contributed by atoms with Crippen LogP contribution in [0, 0.1) is 5.92 Å². The SMILES string of the molecule is CCN(C)C[C@H]1CCN(C(=O)NCc2cccc(-n3ccnc3)c2)C1. The largest absolute Gasteiger partial charge is 0.334 e. The third-order valence-electron chi connectivity index (χ3n) is 4.84. The Kier molecular flexibility index (Phi) is 5.71. The zero-order chi connectivity index (χ0) is 17.6. The molecule has 1 aliphatic heterocycles. The molecule has 1 saturated heterocycles. The van der Waals surface area contributed by atoms with Crippen LogP contribution >= 0.6 is 0 Å². The number of urea groups is 1. The predicted octanol–water partition coefficient (Wildman–Crippen LogP) is 2.36. The van der Waals surface area contributed by atoms with Gasteiger partial charge in [-0.2, -0.15) is 0 Å². The van der Waals surface area contributed by atoms with Gasteiger partial charge in [0.15, 0.2) is 0 Å². The average Bonchev–Trinajstić information content (AvgIpc) is 3.32. The first-order valence-electron chi connectivity index (χ1n) is 8.94. The summed E-state index contributed by atoms with van der Waals surface area (Å²) < 4.78 is 1.96. The summed E-state index contributed by atoms with van der Waals surface area (Å²) in [5.41, 5.74) is 2.13. The monoisotopic (exact) mass is 341 g/mol. The standard InChI is InChI=1S/C19H27N5O/c1-3-22(2)13-17-7-9-23(14-17)19(25)21-12-16-5-4-6-18(11-16)24-10-8-20-15-24/h4-6,8,10-11,15,17H,3,7,9,12-14H2,1-2H3,(H,21,25)/t17-/m1/s1. The number of carbonyl (C=O) groups excluding carboxylic acids is 1. The van der Waals surface area contributed by atoms with Gasteiger partial charge in [-0.3, -0.25) is 0 Å². The Balaban J connectivity index is 1.50. The number of amides is 2. The highest BCUT2D eigenvalue weighted by molar-refractivity contribution is 5.74. The molecule has 1 fully saturated rings. The zero-order valence-electron chi connectivity index (χ0n) is 15.1. The van der Waals surface area contributed by atoms with Crippen molar-refractivity contribution in [2.45, 2.75) is 19.9 Å². The number of carbonyl (C=O) groups is 1. The van der Waals surface area contributed by atoms with E-state index < -0.39 is 0 Å². The molecule has 134 valence electrons. The van der Waals surface area contributed by atoms with E-state index in [1.165, 1.54) is 0 Å². The van der Waals surface area contributed by atoms with Crippen molar-refractivity contribution in [2.24, 2.45) is 5.92 Å². The molecule has 0 radical (unpaired) electrons. The number of benzene rings is 1. The minimum Gasteiger partial charge on any atom is -0.334 e. The lowest BCUT2D eigenvalue weighted by Gasteiger charge is -2.20. The minimum atomic E-state index is 0.0367. The van der Waals surface area contributed by atoms with Crippen LogP contribution in [0.5, 0.6) is 0 Å². The summed E-state index contributed by atoms with van der Waals surface area (Å²) >= 11 is 0. The Morgan fingerprint density at radius 2 is 2.32 bits per heavy atom. The van der Waals surface area contributed by atoms with Crippen LogP contribution in [-0.2, 0) is 6.54 Å². The Bertz CT molecular complexity index is 685. The molecule has 6 heteroatoms. The smallest absolute Gasteiger partial charge is 0.317 e. The Labute approximate surface area is 149 Å². The third-order valence-corrected chi connectivity index (χ3v) is 4.84. The average molecular weight is 341 g/mol. The van der Waals surface area contributed by atoms with E-state index in [2.05, 4.69) is 35.2 Å². The van der Waals surface area contributed by atoms with E-state index >= 15 is 0 Å². The molecule has 2 amide bonds. The summed E-state index contributed by atoms with van der Waals surface area (Å²) in [5, 5.41) is 3.05. The molecule has 1 N–H and O–H groups in total. The molecular weight excluding hydrogens is 314 g/mol. The van der Waals surface area contributed by atoms with E-state index in [0.717, 1.165) is 43.9 Å². The van der Waals surface area contributed by atoms with Crippen molar-refractivity contribution in [1.82, 2.24) is 24.7 Å². The molecule has 1 aromatic heterocycles. The van der Waals surface area contributed by atoms with Gasteiger partial charge in [-0.25, -0.2) is 9.78 Å². The topological polar surface area (TPSA) is 53.4 Å². The first kappa shape index (κ1) is 17.5. The van der Waals surface area contributed by atoms with Gasteiger partial charge >= 0.3 is 6.03 Å². The van der Waals surface area contributed by atoms with Crippen LogP contribution in [0.2, 0.25) is 0 Å². The van der Waals surface area contributed by atoms with E-state index in [1.54, 1.807) is 12.5 Å². The van der Waals surface area contributed by atoms with Crippen molar-refractivity contribution in [1.29, 1.82) is 0 Å². The van der Waals surface area contributed by atoms with Crippen LogP contribution in [0.4, 0.5) is 4.79 Å². The predicted molar refractivity (Wildman–Crippen MR) is 98.7 cm³/mol. The molecule has 0 bridgehead atoms. The minimum absolute atomic E-state index is 0.0367. The fourth-order valence-corrected chi connectivity index (χ4v) is 3.26. The highest BCUT2D eigenvalue weighted by Gasteiger charge is 2.26. The normalized spacial score (nSPS) is 17.2.